The third kappa shape index (κ3) is 8.89. The average molecular weight is 274 g/mol. The van der Waals surface area contributed by atoms with E-state index in [0.29, 0.717) is 0 Å². The van der Waals surface area contributed by atoms with Crippen molar-refractivity contribution in [2.75, 3.05) is 6.61 Å². The number of carbonyl (C=O) groups is 1. The van der Waals surface area contributed by atoms with Crippen LogP contribution < -0.4 is 0 Å². The molecular weight excluding hydrogens is 252 g/mol. The van der Waals surface area contributed by atoms with Gasteiger partial charge in [-0.3, -0.25) is 4.79 Å². The van der Waals surface area contributed by atoms with Crippen LogP contribution in [0.1, 0.15) is 20.3 Å². The Kier molecular flexibility index (Phi) is 10.7. The minimum atomic E-state index is -0.745. The van der Waals surface area contributed by atoms with Gasteiger partial charge in [-0.2, -0.15) is 0 Å². The van der Waals surface area contributed by atoms with Crippen LogP contribution in [0, 0.1) is 0 Å². The SMILES string of the molecule is CCC(=O)O.CCO.c1ccc(-c2ccccc2)cc1. The summed E-state index contributed by atoms with van der Waals surface area (Å²) < 4.78 is 0. The van der Waals surface area contributed by atoms with E-state index < -0.39 is 5.97 Å². The normalized spacial score (nSPS) is 8.55. The summed E-state index contributed by atoms with van der Waals surface area (Å²) in [6, 6.07) is 20.8. The third-order valence-electron chi connectivity index (χ3n) is 2.18. The Morgan fingerprint density at radius 2 is 1.10 bits per heavy atom. The van der Waals surface area contributed by atoms with Crippen LogP contribution in [0.15, 0.2) is 60.7 Å². The Balaban J connectivity index is 0.000000382. The minimum Gasteiger partial charge on any atom is -0.481 e. The summed E-state index contributed by atoms with van der Waals surface area (Å²) in [4.78, 5) is 9.37. The summed E-state index contributed by atoms with van der Waals surface area (Å²) in [5.74, 6) is -0.745. The van der Waals surface area contributed by atoms with Crippen LogP contribution in [0.2, 0.25) is 0 Å². The van der Waals surface area contributed by atoms with Crippen LogP contribution >= 0.6 is 0 Å². The van der Waals surface area contributed by atoms with Gasteiger partial charge < -0.3 is 10.2 Å². The molecule has 0 spiro atoms. The van der Waals surface area contributed by atoms with Gasteiger partial charge in [0.2, 0.25) is 0 Å². The van der Waals surface area contributed by atoms with E-state index in [4.69, 9.17) is 10.2 Å². The standard InChI is InChI=1S/C12H10.C3H6O2.C2H6O/c1-3-7-11(8-4-1)12-9-5-2-6-10-12;1-2-3(4)5;1-2-3/h1-10H;2H2,1H3,(H,4,5);3H,2H2,1H3. The smallest absolute Gasteiger partial charge is 0.303 e. The Bertz CT molecular complexity index is 415. The van der Waals surface area contributed by atoms with Gasteiger partial charge >= 0.3 is 5.97 Å². The lowest BCUT2D eigenvalue weighted by Crippen LogP contribution is -1.86. The molecule has 20 heavy (non-hydrogen) atoms. The second-order valence-corrected chi connectivity index (χ2v) is 3.80. The zero-order valence-electron chi connectivity index (χ0n) is 12.0. The van der Waals surface area contributed by atoms with Gasteiger partial charge in [0.25, 0.3) is 0 Å². The quantitative estimate of drug-likeness (QED) is 0.875. The fourth-order valence-electron chi connectivity index (χ4n) is 1.26. The number of aliphatic carboxylic acids is 1. The maximum atomic E-state index is 9.37. The Labute approximate surface area is 120 Å². The van der Waals surface area contributed by atoms with E-state index in [9.17, 15) is 4.79 Å². The molecule has 0 saturated carbocycles. The zero-order valence-corrected chi connectivity index (χ0v) is 12.0. The molecule has 2 N–H and O–H groups in total. The van der Waals surface area contributed by atoms with Crippen LogP contribution in [0.5, 0.6) is 0 Å². The minimum absolute atomic E-state index is 0.222. The van der Waals surface area contributed by atoms with Crippen LogP contribution in [-0.4, -0.2) is 22.8 Å². The molecule has 0 amide bonds. The molecule has 0 aliphatic carbocycles. The molecule has 0 aromatic heterocycles. The summed E-state index contributed by atoms with van der Waals surface area (Å²) in [6.45, 7) is 3.53. The summed E-state index contributed by atoms with van der Waals surface area (Å²) in [5.41, 5.74) is 2.55. The highest BCUT2D eigenvalue weighted by molar-refractivity contribution is 5.66. The fraction of sp³-hybridized carbons (Fsp3) is 0.235. The van der Waals surface area contributed by atoms with Crippen LogP contribution in [0.4, 0.5) is 0 Å². The third-order valence-corrected chi connectivity index (χ3v) is 2.18. The van der Waals surface area contributed by atoms with Crippen LogP contribution in [-0.2, 0) is 4.79 Å². The topological polar surface area (TPSA) is 57.5 Å². The number of benzene rings is 2. The van der Waals surface area contributed by atoms with Crippen molar-refractivity contribution < 1.29 is 15.0 Å². The van der Waals surface area contributed by atoms with Gasteiger partial charge in [0.05, 0.1) is 0 Å². The largest absolute Gasteiger partial charge is 0.481 e. The molecule has 108 valence electrons. The predicted octanol–water partition coefficient (Wildman–Crippen LogP) is 3.83. The number of carboxylic acid groups (broad SMARTS) is 1. The zero-order chi connectivity index (χ0) is 15.2. The Morgan fingerprint density at radius 1 is 0.850 bits per heavy atom. The highest BCUT2D eigenvalue weighted by Gasteiger charge is 1.91. The molecule has 3 heteroatoms. The lowest BCUT2D eigenvalue weighted by atomic mass is 10.1. The number of hydrogen-bond acceptors (Lipinski definition) is 2. The maximum absolute atomic E-state index is 9.37. The molecule has 0 heterocycles. The first kappa shape index (κ1) is 17.9. The summed E-state index contributed by atoms with van der Waals surface area (Å²) in [6.07, 6.45) is 0.222. The van der Waals surface area contributed by atoms with E-state index >= 15 is 0 Å². The molecule has 0 aliphatic heterocycles. The van der Waals surface area contributed by atoms with Gasteiger partial charge in [-0.1, -0.05) is 67.6 Å². The fourth-order valence-corrected chi connectivity index (χ4v) is 1.26. The molecule has 0 fully saturated rings. The first-order valence-electron chi connectivity index (χ1n) is 6.58. The highest BCUT2D eigenvalue weighted by Crippen LogP contribution is 2.17. The molecule has 3 nitrogen and oxygen atoms in total. The molecule has 2 rings (SSSR count). The number of carboxylic acids is 1. The van der Waals surface area contributed by atoms with Crippen molar-refractivity contribution in [2.24, 2.45) is 0 Å². The first-order chi connectivity index (χ1) is 9.65. The number of aliphatic hydroxyl groups is 1. The monoisotopic (exact) mass is 274 g/mol. The average Bonchev–Trinajstić information content (AvgIpc) is 2.50. The van der Waals surface area contributed by atoms with Crippen molar-refractivity contribution in [1.29, 1.82) is 0 Å². The van der Waals surface area contributed by atoms with Crippen molar-refractivity contribution in [3.05, 3.63) is 60.7 Å². The van der Waals surface area contributed by atoms with Crippen LogP contribution in [0.25, 0.3) is 11.1 Å². The summed E-state index contributed by atoms with van der Waals surface area (Å²) in [5, 5.41) is 15.3. The second kappa shape index (κ2) is 11.9. The van der Waals surface area contributed by atoms with E-state index in [1.807, 2.05) is 12.1 Å². The second-order valence-electron chi connectivity index (χ2n) is 3.80. The molecule has 2 aromatic rings. The molecule has 0 bridgehead atoms. The van der Waals surface area contributed by atoms with Crippen molar-refractivity contribution in [2.45, 2.75) is 20.3 Å². The van der Waals surface area contributed by atoms with Crippen LogP contribution in [0.3, 0.4) is 0 Å². The molecule has 2 aromatic carbocycles. The molecule has 0 radical (unpaired) electrons. The van der Waals surface area contributed by atoms with Gasteiger partial charge in [-0.05, 0) is 18.1 Å². The number of rotatable bonds is 2. The predicted molar refractivity (Wildman–Crippen MR) is 82.6 cm³/mol. The van der Waals surface area contributed by atoms with Gasteiger partial charge in [-0.25, -0.2) is 0 Å². The Morgan fingerprint density at radius 3 is 1.30 bits per heavy atom. The summed E-state index contributed by atoms with van der Waals surface area (Å²) >= 11 is 0. The number of hydrogen-bond donors (Lipinski definition) is 2. The Hall–Kier alpha value is -2.13. The lowest BCUT2D eigenvalue weighted by Gasteiger charge is -1.98. The van der Waals surface area contributed by atoms with E-state index in [1.54, 1.807) is 13.8 Å². The van der Waals surface area contributed by atoms with Crippen molar-refractivity contribution in [3.63, 3.8) is 0 Å². The molecule has 0 atom stereocenters. The summed E-state index contributed by atoms with van der Waals surface area (Å²) in [7, 11) is 0. The molecular formula is C17H22O3. The van der Waals surface area contributed by atoms with Crippen molar-refractivity contribution in [3.8, 4) is 11.1 Å². The molecule has 0 saturated heterocycles. The van der Waals surface area contributed by atoms with Gasteiger partial charge in [-0.15, -0.1) is 0 Å². The number of aliphatic hydroxyl groups excluding tert-OH is 1. The van der Waals surface area contributed by atoms with E-state index in [0.717, 1.165) is 0 Å². The lowest BCUT2D eigenvalue weighted by molar-refractivity contribution is -0.136. The van der Waals surface area contributed by atoms with Gasteiger partial charge in [0, 0.05) is 13.0 Å². The van der Waals surface area contributed by atoms with E-state index in [2.05, 4.69) is 48.5 Å². The maximum Gasteiger partial charge on any atom is 0.303 e. The van der Waals surface area contributed by atoms with Crippen molar-refractivity contribution in [1.82, 2.24) is 0 Å². The van der Waals surface area contributed by atoms with E-state index in [1.165, 1.54) is 11.1 Å². The first-order valence-corrected chi connectivity index (χ1v) is 6.58. The highest BCUT2D eigenvalue weighted by atomic mass is 16.4. The molecule has 0 aliphatic rings. The van der Waals surface area contributed by atoms with Gasteiger partial charge in [0.15, 0.2) is 0 Å². The van der Waals surface area contributed by atoms with Gasteiger partial charge in [0.1, 0.15) is 0 Å². The van der Waals surface area contributed by atoms with Crippen molar-refractivity contribution >= 4 is 5.97 Å². The molecule has 0 unspecified atom stereocenters. The van der Waals surface area contributed by atoms with E-state index in [-0.39, 0.29) is 13.0 Å².